The second kappa shape index (κ2) is 6.38. The van der Waals surface area contributed by atoms with Gasteiger partial charge >= 0.3 is 0 Å². The van der Waals surface area contributed by atoms with Crippen LogP contribution in [-0.2, 0) is 11.2 Å². The van der Waals surface area contributed by atoms with Gasteiger partial charge in [-0.3, -0.25) is 15.2 Å². The summed E-state index contributed by atoms with van der Waals surface area (Å²) in [5.41, 5.74) is 0.970. The van der Waals surface area contributed by atoms with E-state index in [4.69, 9.17) is 16.3 Å². The van der Waals surface area contributed by atoms with E-state index in [9.17, 15) is 4.79 Å². The standard InChI is InChI=1S/C13H15ClN4O2/c1-8-15-13(18-17-8)16-12(19)6-4-9-3-5-11(20-2)10(14)7-9/h3,5,7H,4,6H2,1-2H3,(H2,15,16,17,18,19). The Kier molecular flexibility index (Phi) is 4.57. The summed E-state index contributed by atoms with van der Waals surface area (Å²) in [7, 11) is 1.56. The quantitative estimate of drug-likeness (QED) is 0.887. The number of benzene rings is 1. The van der Waals surface area contributed by atoms with Gasteiger partial charge in [0, 0.05) is 6.42 Å². The monoisotopic (exact) mass is 294 g/mol. The molecule has 0 atom stereocenters. The van der Waals surface area contributed by atoms with E-state index >= 15 is 0 Å². The Morgan fingerprint density at radius 2 is 2.30 bits per heavy atom. The highest BCUT2D eigenvalue weighted by Gasteiger charge is 2.08. The third-order valence-corrected chi connectivity index (χ3v) is 3.00. The van der Waals surface area contributed by atoms with E-state index in [1.165, 1.54) is 0 Å². The molecule has 106 valence electrons. The van der Waals surface area contributed by atoms with Crippen LogP contribution in [0.4, 0.5) is 5.95 Å². The van der Waals surface area contributed by atoms with Gasteiger partial charge in [-0.05, 0) is 31.0 Å². The van der Waals surface area contributed by atoms with Crippen molar-refractivity contribution in [2.75, 3.05) is 12.4 Å². The van der Waals surface area contributed by atoms with Gasteiger partial charge in [0.15, 0.2) is 0 Å². The predicted octanol–water partition coefficient (Wildman–Crippen LogP) is 2.35. The molecule has 0 unspecified atom stereocenters. The number of methoxy groups -OCH3 is 1. The minimum absolute atomic E-state index is 0.143. The minimum atomic E-state index is -0.143. The lowest BCUT2D eigenvalue weighted by molar-refractivity contribution is -0.116. The fourth-order valence-corrected chi connectivity index (χ4v) is 1.99. The molecule has 0 spiro atoms. The molecule has 6 nitrogen and oxygen atoms in total. The summed E-state index contributed by atoms with van der Waals surface area (Å²) in [6.07, 6.45) is 0.912. The molecule has 0 saturated heterocycles. The van der Waals surface area contributed by atoms with Crippen molar-refractivity contribution >= 4 is 23.5 Å². The van der Waals surface area contributed by atoms with Crippen molar-refractivity contribution in [3.8, 4) is 5.75 Å². The molecule has 0 aliphatic carbocycles. The maximum absolute atomic E-state index is 11.7. The summed E-state index contributed by atoms with van der Waals surface area (Å²) in [5, 5.41) is 9.66. The summed E-state index contributed by atoms with van der Waals surface area (Å²) in [6, 6.07) is 5.47. The van der Waals surface area contributed by atoms with Gasteiger partial charge in [-0.25, -0.2) is 0 Å². The number of carbonyl (C=O) groups is 1. The normalized spacial score (nSPS) is 10.3. The number of carbonyl (C=O) groups excluding carboxylic acids is 1. The van der Waals surface area contributed by atoms with Crippen LogP contribution in [-0.4, -0.2) is 28.2 Å². The van der Waals surface area contributed by atoms with Gasteiger partial charge in [0.05, 0.1) is 12.1 Å². The first-order valence-corrected chi connectivity index (χ1v) is 6.47. The van der Waals surface area contributed by atoms with Crippen LogP contribution in [0.1, 0.15) is 17.8 Å². The Balaban J connectivity index is 1.88. The molecule has 0 aliphatic rings. The van der Waals surface area contributed by atoms with Crippen molar-refractivity contribution in [3.05, 3.63) is 34.6 Å². The lowest BCUT2D eigenvalue weighted by Gasteiger charge is -2.06. The van der Waals surface area contributed by atoms with E-state index in [-0.39, 0.29) is 5.91 Å². The number of anilines is 1. The molecule has 1 heterocycles. The molecule has 1 aromatic carbocycles. The van der Waals surface area contributed by atoms with E-state index in [1.807, 2.05) is 6.07 Å². The molecule has 0 radical (unpaired) electrons. The van der Waals surface area contributed by atoms with E-state index < -0.39 is 0 Å². The van der Waals surface area contributed by atoms with Crippen LogP contribution >= 0.6 is 11.6 Å². The molecule has 0 saturated carbocycles. The van der Waals surface area contributed by atoms with Crippen molar-refractivity contribution in [3.63, 3.8) is 0 Å². The first-order chi connectivity index (χ1) is 9.58. The lowest BCUT2D eigenvalue weighted by atomic mass is 10.1. The Bertz CT molecular complexity index is 612. The average Bonchev–Trinajstić information content (AvgIpc) is 2.82. The van der Waals surface area contributed by atoms with Crippen LogP contribution < -0.4 is 10.1 Å². The maximum atomic E-state index is 11.7. The zero-order valence-corrected chi connectivity index (χ0v) is 12.0. The highest BCUT2D eigenvalue weighted by molar-refractivity contribution is 6.32. The number of rotatable bonds is 5. The van der Waals surface area contributed by atoms with Gasteiger partial charge in [-0.1, -0.05) is 17.7 Å². The molecule has 1 amide bonds. The maximum Gasteiger partial charge on any atom is 0.248 e. The third kappa shape index (κ3) is 3.71. The van der Waals surface area contributed by atoms with Gasteiger partial charge in [-0.15, -0.1) is 5.10 Å². The van der Waals surface area contributed by atoms with Gasteiger partial charge in [0.25, 0.3) is 0 Å². The fourth-order valence-electron chi connectivity index (χ4n) is 1.71. The minimum Gasteiger partial charge on any atom is -0.495 e. The summed E-state index contributed by atoms with van der Waals surface area (Å²) in [4.78, 5) is 15.7. The Hall–Kier alpha value is -2.08. The molecule has 2 rings (SSSR count). The van der Waals surface area contributed by atoms with Crippen LogP contribution in [0.5, 0.6) is 5.75 Å². The van der Waals surface area contributed by atoms with Crippen LogP contribution in [0, 0.1) is 6.92 Å². The highest BCUT2D eigenvalue weighted by atomic mass is 35.5. The van der Waals surface area contributed by atoms with Gasteiger partial charge in [0.1, 0.15) is 11.6 Å². The number of ether oxygens (including phenoxy) is 1. The molecule has 0 fully saturated rings. The van der Waals surface area contributed by atoms with E-state index in [2.05, 4.69) is 20.5 Å². The van der Waals surface area contributed by atoms with E-state index in [0.29, 0.717) is 35.4 Å². The SMILES string of the molecule is COc1ccc(CCC(=O)Nc2n[nH]c(C)n2)cc1Cl. The number of hydrogen-bond donors (Lipinski definition) is 2. The number of halogens is 1. The molecule has 7 heteroatoms. The Morgan fingerprint density at radius 1 is 1.50 bits per heavy atom. The zero-order chi connectivity index (χ0) is 14.5. The fraction of sp³-hybridized carbons (Fsp3) is 0.308. The number of aromatic amines is 1. The van der Waals surface area contributed by atoms with Gasteiger partial charge in [-0.2, -0.15) is 4.98 Å². The summed E-state index contributed by atoms with van der Waals surface area (Å²) < 4.78 is 5.08. The zero-order valence-electron chi connectivity index (χ0n) is 11.2. The van der Waals surface area contributed by atoms with Gasteiger partial charge in [0.2, 0.25) is 11.9 Å². The first kappa shape index (κ1) is 14.3. The molecular formula is C13H15ClN4O2. The van der Waals surface area contributed by atoms with E-state index in [1.54, 1.807) is 26.2 Å². The highest BCUT2D eigenvalue weighted by Crippen LogP contribution is 2.25. The molecular weight excluding hydrogens is 280 g/mol. The largest absolute Gasteiger partial charge is 0.495 e. The van der Waals surface area contributed by atoms with E-state index in [0.717, 1.165) is 5.56 Å². The molecule has 0 bridgehead atoms. The number of H-pyrrole nitrogens is 1. The summed E-state index contributed by atoms with van der Waals surface area (Å²) in [5.74, 6) is 1.43. The number of hydrogen-bond acceptors (Lipinski definition) is 4. The first-order valence-electron chi connectivity index (χ1n) is 6.10. The van der Waals surface area contributed by atoms with Crippen molar-refractivity contribution in [1.29, 1.82) is 0 Å². The molecule has 20 heavy (non-hydrogen) atoms. The second-order valence-electron chi connectivity index (χ2n) is 4.26. The van der Waals surface area contributed by atoms with Crippen LogP contribution in [0.3, 0.4) is 0 Å². The Morgan fingerprint density at radius 3 is 2.90 bits per heavy atom. The van der Waals surface area contributed by atoms with Crippen molar-refractivity contribution < 1.29 is 9.53 Å². The number of aryl methyl sites for hydroxylation is 2. The third-order valence-electron chi connectivity index (χ3n) is 2.71. The second-order valence-corrected chi connectivity index (χ2v) is 4.67. The number of nitrogens with one attached hydrogen (secondary N) is 2. The molecule has 2 aromatic rings. The lowest BCUT2D eigenvalue weighted by Crippen LogP contribution is -2.13. The smallest absolute Gasteiger partial charge is 0.248 e. The predicted molar refractivity (Wildman–Crippen MR) is 76.1 cm³/mol. The summed E-state index contributed by atoms with van der Waals surface area (Å²) in [6.45, 7) is 1.77. The number of amides is 1. The van der Waals surface area contributed by atoms with Crippen molar-refractivity contribution in [2.45, 2.75) is 19.8 Å². The van der Waals surface area contributed by atoms with Crippen molar-refractivity contribution in [1.82, 2.24) is 15.2 Å². The van der Waals surface area contributed by atoms with Gasteiger partial charge < -0.3 is 4.74 Å². The van der Waals surface area contributed by atoms with Crippen LogP contribution in [0.15, 0.2) is 18.2 Å². The number of aromatic nitrogens is 3. The van der Waals surface area contributed by atoms with Crippen molar-refractivity contribution in [2.24, 2.45) is 0 Å². The number of nitrogens with zero attached hydrogens (tertiary/aromatic N) is 2. The molecule has 2 N–H and O–H groups in total. The molecule has 1 aromatic heterocycles. The Labute approximate surface area is 121 Å². The summed E-state index contributed by atoms with van der Waals surface area (Å²) >= 11 is 6.03. The topological polar surface area (TPSA) is 79.9 Å². The average molecular weight is 295 g/mol. The van der Waals surface area contributed by atoms with Crippen LogP contribution in [0.2, 0.25) is 5.02 Å². The molecule has 0 aliphatic heterocycles. The van der Waals surface area contributed by atoms with Crippen LogP contribution in [0.25, 0.3) is 0 Å².